The summed E-state index contributed by atoms with van der Waals surface area (Å²) in [6, 6.07) is 0. The predicted octanol–water partition coefficient (Wildman–Crippen LogP) is 0.441. The Kier molecular flexibility index (Phi) is 3.07. The van der Waals surface area contributed by atoms with Crippen LogP contribution in [0.5, 0.6) is 0 Å². The van der Waals surface area contributed by atoms with Gasteiger partial charge in [0.15, 0.2) is 5.60 Å². The molecule has 78 valence electrons. The van der Waals surface area contributed by atoms with Crippen molar-refractivity contribution in [2.75, 3.05) is 0 Å². The standard InChI is InChI=1S/C8H10F2N2O2/c1-8(14,7(9)10)6-3-11-5(4-13)2-12-6/h2-3,7,13-14H,4H2,1H3. The fraction of sp³-hybridized carbons (Fsp3) is 0.500. The molecule has 0 fully saturated rings. The highest BCUT2D eigenvalue weighted by Crippen LogP contribution is 2.25. The number of nitrogens with zero attached hydrogens (tertiary/aromatic N) is 2. The molecule has 1 aromatic rings. The molecule has 0 aliphatic carbocycles. The number of aromatic nitrogens is 2. The Morgan fingerprint density at radius 3 is 2.43 bits per heavy atom. The smallest absolute Gasteiger partial charge is 0.272 e. The van der Waals surface area contributed by atoms with E-state index in [0.717, 1.165) is 19.3 Å². The van der Waals surface area contributed by atoms with Gasteiger partial charge in [0.25, 0.3) is 6.43 Å². The van der Waals surface area contributed by atoms with Crippen molar-refractivity contribution < 1.29 is 19.0 Å². The number of rotatable bonds is 3. The molecule has 0 amide bonds. The second-order valence-corrected chi connectivity index (χ2v) is 3.00. The third-order valence-electron chi connectivity index (χ3n) is 1.81. The van der Waals surface area contributed by atoms with E-state index in [9.17, 15) is 13.9 Å². The quantitative estimate of drug-likeness (QED) is 0.749. The molecule has 6 heteroatoms. The highest BCUT2D eigenvalue weighted by Gasteiger charge is 2.35. The van der Waals surface area contributed by atoms with Crippen LogP contribution in [-0.4, -0.2) is 26.6 Å². The summed E-state index contributed by atoms with van der Waals surface area (Å²) >= 11 is 0. The van der Waals surface area contributed by atoms with Gasteiger partial charge in [-0.2, -0.15) is 0 Å². The van der Waals surface area contributed by atoms with Gasteiger partial charge in [0.2, 0.25) is 0 Å². The van der Waals surface area contributed by atoms with E-state index < -0.39 is 12.0 Å². The van der Waals surface area contributed by atoms with Crippen LogP contribution in [0.25, 0.3) is 0 Å². The molecule has 1 rings (SSSR count). The normalized spacial score (nSPS) is 15.6. The van der Waals surface area contributed by atoms with Crippen molar-refractivity contribution in [1.29, 1.82) is 0 Å². The molecule has 0 spiro atoms. The van der Waals surface area contributed by atoms with Gasteiger partial charge in [-0.3, -0.25) is 9.97 Å². The third kappa shape index (κ3) is 2.02. The minimum absolute atomic E-state index is 0.218. The average Bonchev–Trinajstić information content (AvgIpc) is 2.17. The van der Waals surface area contributed by atoms with E-state index in [1.165, 1.54) is 0 Å². The van der Waals surface area contributed by atoms with Crippen molar-refractivity contribution >= 4 is 0 Å². The van der Waals surface area contributed by atoms with Crippen molar-refractivity contribution in [3.05, 3.63) is 23.8 Å². The van der Waals surface area contributed by atoms with Crippen LogP contribution in [0.4, 0.5) is 8.78 Å². The third-order valence-corrected chi connectivity index (χ3v) is 1.81. The van der Waals surface area contributed by atoms with Crippen LogP contribution in [-0.2, 0) is 12.2 Å². The second-order valence-electron chi connectivity index (χ2n) is 3.00. The molecule has 2 N–H and O–H groups in total. The SMILES string of the molecule is CC(O)(c1cnc(CO)cn1)C(F)F. The van der Waals surface area contributed by atoms with Crippen molar-refractivity contribution in [3.63, 3.8) is 0 Å². The maximum atomic E-state index is 12.3. The van der Waals surface area contributed by atoms with E-state index in [1.54, 1.807) is 0 Å². The van der Waals surface area contributed by atoms with E-state index in [1.807, 2.05) is 0 Å². The van der Waals surface area contributed by atoms with E-state index >= 15 is 0 Å². The van der Waals surface area contributed by atoms with Crippen LogP contribution in [0.2, 0.25) is 0 Å². The zero-order chi connectivity index (χ0) is 10.8. The highest BCUT2D eigenvalue weighted by molar-refractivity contribution is 5.10. The topological polar surface area (TPSA) is 66.2 Å². The first-order valence-corrected chi connectivity index (χ1v) is 3.91. The summed E-state index contributed by atoms with van der Waals surface area (Å²) in [5.74, 6) is 0. The number of aliphatic hydroxyl groups is 2. The minimum atomic E-state index is -2.93. The lowest BCUT2D eigenvalue weighted by Crippen LogP contribution is -2.31. The fourth-order valence-electron chi connectivity index (χ4n) is 0.810. The number of hydrogen-bond donors (Lipinski definition) is 2. The van der Waals surface area contributed by atoms with Crippen LogP contribution in [0.1, 0.15) is 18.3 Å². The van der Waals surface area contributed by atoms with Gasteiger partial charge < -0.3 is 10.2 Å². The van der Waals surface area contributed by atoms with Crippen molar-refractivity contribution in [2.45, 2.75) is 25.6 Å². The number of halogens is 2. The summed E-state index contributed by atoms with van der Waals surface area (Å²) in [5, 5.41) is 17.9. The van der Waals surface area contributed by atoms with Gasteiger partial charge in [-0.1, -0.05) is 0 Å². The van der Waals surface area contributed by atoms with E-state index in [-0.39, 0.29) is 18.0 Å². The molecule has 0 aliphatic rings. The van der Waals surface area contributed by atoms with Gasteiger partial charge >= 0.3 is 0 Å². The lowest BCUT2D eigenvalue weighted by atomic mass is 10.0. The lowest BCUT2D eigenvalue weighted by Gasteiger charge is -2.20. The first-order valence-electron chi connectivity index (χ1n) is 3.91. The van der Waals surface area contributed by atoms with Crippen molar-refractivity contribution in [1.82, 2.24) is 9.97 Å². The number of aliphatic hydroxyl groups excluding tert-OH is 1. The van der Waals surface area contributed by atoms with Gasteiger partial charge in [0.05, 0.1) is 30.4 Å². The van der Waals surface area contributed by atoms with Crippen LogP contribution in [0, 0.1) is 0 Å². The molecule has 0 aromatic carbocycles. The summed E-state index contributed by atoms with van der Waals surface area (Å²) < 4.78 is 24.6. The molecule has 0 radical (unpaired) electrons. The molecule has 1 unspecified atom stereocenters. The molecule has 1 heterocycles. The fourth-order valence-corrected chi connectivity index (χ4v) is 0.810. The second kappa shape index (κ2) is 3.93. The Balaban J connectivity index is 2.97. The Hall–Kier alpha value is -1.14. The van der Waals surface area contributed by atoms with Crippen molar-refractivity contribution in [3.8, 4) is 0 Å². The molecule has 1 atom stereocenters. The first kappa shape index (κ1) is 10.9. The zero-order valence-corrected chi connectivity index (χ0v) is 7.48. The predicted molar refractivity (Wildman–Crippen MR) is 43.5 cm³/mol. The Morgan fingerprint density at radius 1 is 1.43 bits per heavy atom. The monoisotopic (exact) mass is 204 g/mol. The minimum Gasteiger partial charge on any atom is -0.390 e. The lowest BCUT2D eigenvalue weighted by molar-refractivity contribution is -0.0913. The van der Waals surface area contributed by atoms with Crippen molar-refractivity contribution in [2.24, 2.45) is 0 Å². The van der Waals surface area contributed by atoms with Gasteiger partial charge in [-0.15, -0.1) is 0 Å². The molecule has 0 saturated carbocycles. The highest BCUT2D eigenvalue weighted by atomic mass is 19.3. The molecule has 0 bridgehead atoms. The van der Waals surface area contributed by atoms with E-state index in [4.69, 9.17) is 5.11 Å². The molecule has 14 heavy (non-hydrogen) atoms. The Bertz CT molecular complexity index is 301. The van der Waals surface area contributed by atoms with Crippen LogP contribution in [0.3, 0.4) is 0 Å². The van der Waals surface area contributed by atoms with E-state index in [2.05, 4.69) is 9.97 Å². The maximum absolute atomic E-state index is 12.3. The molecular weight excluding hydrogens is 194 g/mol. The number of hydrogen-bond acceptors (Lipinski definition) is 4. The summed E-state index contributed by atoms with van der Waals surface area (Å²) in [4.78, 5) is 7.23. The summed E-state index contributed by atoms with van der Waals surface area (Å²) in [6.07, 6.45) is -0.763. The molecule has 4 nitrogen and oxygen atoms in total. The molecule has 0 saturated heterocycles. The van der Waals surface area contributed by atoms with Gasteiger partial charge in [0.1, 0.15) is 0 Å². The summed E-state index contributed by atoms with van der Waals surface area (Å²) in [7, 11) is 0. The van der Waals surface area contributed by atoms with Gasteiger partial charge in [-0.05, 0) is 6.92 Å². The molecular formula is C8H10F2N2O2. The Labute approximate surface area is 79.3 Å². The first-order chi connectivity index (χ1) is 6.48. The zero-order valence-electron chi connectivity index (χ0n) is 7.48. The number of alkyl halides is 2. The summed E-state index contributed by atoms with van der Waals surface area (Å²) in [6.45, 7) is 0.643. The van der Waals surface area contributed by atoms with Crippen LogP contribution in [0.15, 0.2) is 12.4 Å². The Morgan fingerprint density at radius 2 is 2.07 bits per heavy atom. The summed E-state index contributed by atoms with van der Waals surface area (Å²) in [5.41, 5.74) is -2.26. The van der Waals surface area contributed by atoms with E-state index in [0.29, 0.717) is 0 Å². The molecule has 1 aromatic heterocycles. The maximum Gasteiger partial charge on any atom is 0.272 e. The van der Waals surface area contributed by atoms with Crippen LogP contribution < -0.4 is 0 Å². The van der Waals surface area contributed by atoms with Gasteiger partial charge in [0, 0.05) is 0 Å². The largest absolute Gasteiger partial charge is 0.390 e. The van der Waals surface area contributed by atoms with Crippen LogP contribution >= 0.6 is 0 Å². The average molecular weight is 204 g/mol. The van der Waals surface area contributed by atoms with Gasteiger partial charge in [-0.25, -0.2) is 8.78 Å². The molecule has 0 aliphatic heterocycles.